The van der Waals surface area contributed by atoms with Crippen LogP contribution >= 0.6 is 11.6 Å². The van der Waals surface area contributed by atoms with Crippen LogP contribution < -0.4 is 0 Å². The van der Waals surface area contributed by atoms with Crippen molar-refractivity contribution in [2.24, 2.45) is 0 Å². The average molecular weight is 276 g/mol. The first-order valence-electron chi connectivity index (χ1n) is 4.86. The maximum Gasteiger partial charge on any atom is 0.416 e. The molecule has 1 aromatic carbocycles. The van der Waals surface area contributed by atoms with Gasteiger partial charge in [-0.05, 0) is 17.7 Å². The van der Waals surface area contributed by atoms with Gasteiger partial charge in [-0.1, -0.05) is 23.7 Å². The van der Waals surface area contributed by atoms with Gasteiger partial charge in [0.1, 0.15) is 0 Å². The van der Waals surface area contributed by atoms with E-state index in [2.05, 4.69) is 4.98 Å². The minimum absolute atomic E-state index is 0.177. The van der Waals surface area contributed by atoms with E-state index in [9.17, 15) is 17.6 Å². The van der Waals surface area contributed by atoms with Gasteiger partial charge in [0.25, 0.3) is 0 Å². The monoisotopic (exact) mass is 275 g/mol. The van der Waals surface area contributed by atoms with Gasteiger partial charge in [0.2, 0.25) is 5.95 Å². The Morgan fingerprint density at radius 2 is 1.67 bits per heavy atom. The summed E-state index contributed by atoms with van der Waals surface area (Å²) in [5, 5.41) is 0.177. The van der Waals surface area contributed by atoms with E-state index >= 15 is 0 Å². The third-order valence-corrected chi connectivity index (χ3v) is 2.65. The number of nitrogens with zero attached hydrogens (tertiary/aromatic N) is 1. The second kappa shape index (κ2) is 4.57. The van der Waals surface area contributed by atoms with Crippen LogP contribution in [0.2, 0.25) is 5.02 Å². The Hall–Kier alpha value is -1.62. The number of halogens is 5. The van der Waals surface area contributed by atoms with Crippen LogP contribution in [0.15, 0.2) is 36.5 Å². The Bertz CT molecular complexity index is 563. The van der Waals surface area contributed by atoms with Gasteiger partial charge < -0.3 is 0 Å². The highest BCUT2D eigenvalue weighted by Crippen LogP contribution is 2.32. The average Bonchev–Trinajstić information content (AvgIpc) is 2.31. The van der Waals surface area contributed by atoms with Crippen molar-refractivity contribution in [3.05, 3.63) is 53.1 Å². The van der Waals surface area contributed by atoms with Crippen LogP contribution in [0.1, 0.15) is 5.56 Å². The molecule has 0 aliphatic heterocycles. The molecule has 0 fully saturated rings. The zero-order chi connectivity index (χ0) is 13.3. The number of hydrogen-bond acceptors (Lipinski definition) is 1. The third kappa shape index (κ3) is 2.61. The van der Waals surface area contributed by atoms with Gasteiger partial charge in [-0.25, -0.2) is 4.98 Å². The normalized spacial score (nSPS) is 11.6. The van der Waals surface area contributed by atoms with Crippen LogP contribution in [0.5, 0.6) is 0 Å². The Balaban J connectivity index is 2.43. The number of hydrogen-bond donors (Lipinski definition) is 0. The van der Waals surface area contributed by atoms with E-state index in [0.717, 1.165) is 24.4 Å². The van der Waals surface area contributed by atoms with Crippen molar-refractivity contribution in [2.75, 3.05) is 0 Å². The minimum atomic E-state index is -4.40. The van der Waals surface area contributed by atoms with Crippen molar-refractivity contribution in [1.29, 1.82) is 0 Å². The topological polar surface area (TPSA) is 12.9 Å². The van der Waals surface area contributed by atoms with Gasteiger partial charge in [-0.15, -0.1) is 0 Å². The highest BCUT2D eigenvalue weighted by molar-refractivity contribution is 6.33. The molecule has 0 bridgehead atoms. The van der Waals surface area contributed by atoms with Crippen molar-refractivity contribution >= 4 is 11.6 Å². The molecule has 6 heteroatoms. The lowest BCUT2D eigenvalue weighted by molar-refractivity contribution is -0.137. The van der Waals surface area contributed by atoms with E-state index in [4.69, 9.17) is 11.6 Å². The van der Waals surface area contributed by atoms with Crippen molar-refractivity contribution < 1.29 is 17.6 Å². The van der Waals surface area contributed by atoms with Crippen molar-refractivity contribution in [3.63, 3.8) is 0 Å². The largest absolute Gasteiger partial charge is 0.416 e. The summed E-state index contributed by atoms with van der Waals surface area (Å²) >= 11 is 5.81. The van der Waals surface area contributed by atoms with Gasteiger partial charge in [0.15, 0.2) is 0 Å². The fraction of sp³-hybridized carbons (Fsp3) is 0.0833. The Morgan fingerprint density at radius 1 is 1.06 bits per heavy atom. The molecule has 0 spiro atoms. The fourth-order valence-corrected chi connectivity index (χ4v) is 1.69. The molecule has 0 radical (unpaired) electrons. The number of aromatic nitrogens is 1. The van der Waals surface area contributed by atoms with E-state index < -0.39 is 17.7 Å². The molecule has 18 heavy (non-hydrogen) atoms. The summed E-state index contributed by atoms with van der Waals surface area (Å²) < 4.78 is 50.1. The number of rotatable bonds is 1. The zero-order valence-electron chi connectivity index (χ0n) is 8.80. The van der Waals surface area contributed by atoms with E-state index in [-0.39, 0.29) is 5.02 Å². The SMILES string of the molecule is Fc1cc(-c2ccc(C(F)(F)F)cc2)c(Cl)cn1. The van der Waals surface area contributed by atoms with Crippen molar-refractivity contribution in [3.8, 4) is 11.1 Å². The van der Waals surface area contributed by atoms with Crippen LogP contribution in [-0.2, 0) is 6.18 Å². The Kier molecular flexibility index (Phi) is 3.26. The minimum Gasteiger partial charge on any atom is -0.227 e. The first kappa shape index (κ1) is 12.8. The van der Waals surface area contributed by atoms with E-state index in [1.165, 1.54) is 12.1 Å². The lowest BCUT2D eigenvalue weighted by Crippen LogP contribution is -2.04. The number of benzene rings is 1. The molecule has 0 N–H and O–H groups in total. The van der Waals surface area contributed by atoms with E-state index in [1.54, 1.807) is 0 Å². The zero-order valence-corrected chi connectivity index (χ0v) is 9.56. The lowest BCUT2D eigenvalue weighted by atomic mass is 10.0. The summed E-state index contributed by atoms with van der Waals surface area (Å²) in [7, 11) is 0. The summed E-state index contributed by atoms with van der Waals surface area (Å²) in [6, 6.07) is 5.39. The fourth-order valence-electron chi connectivity index (χ4n) is 1.47. The maximum absolute atomic E-state index is 13.0. The predicted octanol–water partition coefficient (Wildman–Crippen LogP) is 4.56. The molecule has 94 valence electrons. The second-order valence-corrected chi connectivity index (χ2v) is 3.97. The van der Waals surface area contributed by atoms with Crippen LogP contribution in [0.25, 0.3) is 11.1 Å². The van der Waals surface area contributed by atoms with Crippen LogP contribution in [0.4, 0.5) is 17.6 Å². The summed E-state index contributed by atoms with van der Waals surface area (Å²) in [5.41, 5.74) is -0.0657. The molecule has 1 heterocycles. The first-order valence-corrected chi connectivity index (χ1v) is 5.24. The molecule has 0 aliphatic rings. The summed E-state index contributed by atoms with van der Waals surface area (Å²) in [6.45, 7) is 0. The molecular weight excluding hydrogens is 270 g/mol. The first-order chi connectivity index (χ1) is 8.38. The standard InChI is InChI=1S/C12H6ClF4N/c13-10-6-18-11(14)5-9(10)7-1-3-8(4-2-7)12(15,16)17/h1-6H. The molecule has 2 aromatic rings. The van der Waals surface area contributed by atoms with E-state index in [0.29, 0.717) is 11.1 Å². The molecule has 0 amide bonds. The lowest BCUT2D eigenvalue weighted by Gasteiger charge is -2.08. The van der Waals surface area contributed by atoms with Gasteiger partial charge in [-0.3, -0.25) is 0 Å². The molecule has 1 nitrogen and oxygen atoms in total. The highest BCUT2D eigenvalue weighted by Gasteiger charge is 2.30. The summed E-state index contributed by atoms with van der Waals surface area (Å²) in [6.07, 6.45) is -3.28. The van der Waals surface area contributed by atoms with Gasteiger partial charge in [-0.2, -0.15) is 17.6 Å². The number of pyridine rings is 1. The molecule has 0 saturated heterocycles. The van der Waals surface area contributed by atoms with Crippen molar-refractivity contribution in [1.82, 2.24) is 4.98 Å². The maximum atomic E-state index is 13.0. The van der Waals surface area contributed by atoms with Crippen LogP contribution in [-0.4, -0.2) is 4.98 Å². The van der Waals surface area contributed by atoms with E-state index in [1.807, 2.05) is 0 Å². The Morgan fingerprint density at radius 3 is 2.22 bits per heavy atom. The predicted molar refractivity (Wildman–Crippen MR) is 59.6 cm³/mol. The van der Waals surface area contributed by atoms with Gasteiger partial charge in [0, 0.05) is 17.8 Å². The molecule has 0 aliphatic carbocycles. The molecule has 0 unspecified atom stereocenters. The molecule has 0 atom stereocenters. The third-order valence-electron chi connectivity index (χ3n) is 2.35. The molecule has 1 aromatic heterocycles. The van der Waals surface area contributed by atoms with Gasteiger partial charge in [0.05, 0.1) is 10.6 Å². The highest BCUT2D eigenvalue weighted by atomic mass is 35.5. The Labute approximate surface area is 105 Å². The van der Waals surface area contributed by atoms with Crippen molar-refractivity contribution in [2.45, 2.75) is 6.18 Å². The summed E-state index contributed by atoms with van der Waals surface area (Å²) in [4.78, 5) is 3.34. The smallest absolute Gasteiger partial charge is 0.227 e. The molecule has 0 saturated carbocycles. The molecule has 2 rings (SSSR count). The molecular formula is C12H6ClF4N. The summed E-state index contributed by atoms with van der Waals surface area (Å²) in [5.74, 6) is -0.741. The number of alkyl halides is 3. The van der Waals surface area contributed by atoms with Crippen LogP contribution in [0, 0.1) is 5.95 Å². The van der Waals surface area contributed by atoms with Crippen LogP contribution in [0.3, 0.4) is 0 Å². The van der Waals surface area contributed by atoms with Gasteiger partial charge >= 0.3 is 6.18 Å². The second-order valence-electron chi connectivity index (χ2n) is 3.56. The quantitative estimate of drug-likeness (QED) is 0.549.